The highest BCUT2D eigenvalue weighted by molar-refractivity contribution is 5.86. The zero-order chi connectivity index (χ0) is 11.3. The fourth-order valence-corrected chi connectivity index (χ4v) is 1.89. The van der Waals surface area contributed by atoms with Gasteiger partial charge in [0.15, 0.2) is 0 Å². The summed E-state index contributed by atoms with van der Waals surface area (Å²) in [5.41, 5.74) is 6.10. The average molecular weight is 212 g/mol. The van der Waals surface area contributed by atoms with Crippen LogP contribution in [0.15, 0.2) is 11.6 Å². The minimum atomic E-state index is -0.799. The summed E-state index contributed by atoms with van der Waals surface area (Å²) in [4.78, 5) is 13.0. The fraction of sp³-hybridized carbons (Fsp3) is 0.727. The molecule has 0 radical (unpaired) electrons. The Morgan fingerprint density at radius 1 is 1.67 bits per heavy atom. The van der Waals surface area contributed by atoms with Crippen LogP contribution in [-0.2, 0) is 4.79 Å². The molecule has 3 N–H and O–H groups in total. The van der Waals surface area contributed by atoms with E-state index in [2.05, 4.69) is 4.90 Å². The molecule has 15 heavy (non-hydrogen) atoms. The first-order valence-corrected chi connectivity index (χ1v) is 5.52. The minimum absolute atomic E-state index is 0.506. The van der Waals surface area contributed by atoms with Crippen molar-refractivity contribution in [2.24, 2.45) is 11.7 Å². The summed E-state index contributed by atoms with van der Waals surface area (Å²) in [6, 6.07) is 0. The smallest absolute Gasteiger partial charge is 0.331 e. The van der Waals surface area contributed by atoms with Crippen molar-refractivity contribution in [2.75, 3.05) is 26.2 Å². The Labute approximate surface area is 90.7 Å². The Kier molecular flexibility index (Phi) is 4.78. The lowest BCUT2D eigenvalue weighted by atomic mass is 10.1. The zero-order valence-electron chi connectivity index (χ0n) is 9.28. The molecular weight excluding hydrogens is 192 g/mol. The van der Waals surface area contributed by atoms with Gasteiger partial charge in [-0.05, 0) is 31.8 Å². The topological polar surface area (TPSA) is 66.6 Å². The number of carboxylic acid groups (broad SMARTS) is 1. The van der Waals surface area contributed by atoms with Gasteiger partial charge in [-0.2, -0.15) is 0 Å². The number of carbonyl (C=O) groups is 1. The second kappa shape index (κ2) is 5.88. The van der Waals surface area contributed by atoms with Gasteiger partial charge in [-0.3, -0.25) is 4.90 Å². The van der Waals surface area contributed by atoms with Crippen LogP contribution < -0.4 is 5.73 Å². The molecule has 1 fully saturated rings. The van der Waals surface area contributed by atoms with Gasteiger partial charge in [-0.25, -0.2) is 4.79 Å². The van der Waals surface area contributed by atoms with Crippen LogP contribution in [0.1, 0.15) is 19.8 Å². The molecule has 0 aromatic heterocycles. The van der Waals surface area contributed by atoms with Gasteiger partial charge in [0.25, 0.3) is 0 Å². The number of nitrogens with zero attached hydrogens (tertiary/aromatic N) is 1. The van der Waals surface area contributed by atoms with Crippen LogP contribution >= 0.6 is 0 Å². The van der Waals surface area contributed by atoms with E-state index < -0.39 is 5.97 Å². The molecule has 1 unspecified atom stereocenters. The van der Waals surface area contributed by atoms with E-state index in [0.717, 1.165) is 32.6 Å². The third-order valence-electron chi connectivity index (χ3n) is 2.95. The van der Waals surface area contributed by atoms with E-state index in [-0.39, 0.29) is 0 Å². The second-order valence-corrected chi connectivity index (χ2v) is 4.04. The van der Waals surface area contributed by atoms with Gasteiger partial charge < -0.3 is 10.8 Å². The molecule has 1 aliphatic heterocycles. The van der Waals surface area contributed by atoms with E-state index in [1.807, 2.05) is 13.0 Å². The number of rotatable bonds is 5. The van der Waals surface area contributed by atoms with Crippen LogP contribution in [0, 0.1) is 5.92 Å². The molecule has 86 valence electrons. The second-order valence-electron chi connectivity index (χ2n) is 4.04. The monoisotopic (exact) mass is 212 g/mol. The third-order valence-corrected chi connectivity index (χ3v) is 2.95. The maximum atomic E-state index is 10.7. The van der Waals surface area contributed by atoms with Gasteiger partial charge in [0, 0.05) is 18.7 Å². The van der Waals surface area contributed by atoms with Crippen molar-refractivity contribution in [2.45, 2.75) is 19.8 Å². The van der Waals surface area contributed by atoms with Crippen LogP contribution in [0.25, 0.3) is 0 Å². The minimum Gasteiger partial charge on any atom is -0.478 e. The first-order chi connectivity index (χ1) is 7.17. The average Bonchev–Trinajstić information content (AvgIpc) is 2.66. The van der Waals surface area contributed by atoms with Crippen LogP contribution in [0.5, 0.6) is 0 Å². The fourth-order valence-electron chi connectivity index (χ4n) is 1.89. The van der Waals surface area contributed by atoms with Crippen LogP contribution in [0.3, 0.4) is 0 Å². The molecule has 0 aromatic carbocycles. The molecule has 0 saturated carbocycles. The van der Waals surface area contributed by atoms with Gasteiger partial charge in [-0.15, -0.1) is 0 Å². The largest absolute Gasteiger partial charge is 0.478 e. The van der Waals surface area contributed by atoms with E-state index in [0.29, 0.717) is 17.9 Å². The maximum absolute atomic E-state index is 10.7. The molecule has 0 spiro atoms. The van der Waals surface area contributed by atoms with Crippen molar-refractivity contribution in [1.82, 2.24) is 4.90 Å². The third kappa shape index (κ3) is 3.64. The highest BCUT2D eigenvalue weighted by Crippen LogP contribution is 2.14. The predicted molar refractivity (Wildman–Crippen MR) is 59.6 cm³/mol. The summed E-state index contributed by atoms with van der Waals surface area (Å²) in [7, 11) is 0. The maximum Gasteiger partial charge on any atom is 0.331 e. The van der Waals surface area contributed by atoms with Gasteiger partial charge in [-0.1, -0.05) is 13.0 Å². The van der Waals surface area contributed by atoms with Gasteiger partial charge in [0.2, 0.25) is 0 Å². The molecule has 1 aliphatic rings. The highest BCUT2D eigenvalue weighted by Gasteiger charge is 2.20. The summed E-state index contributed by atoms with van der Waals surface area (Å²) in [5.74, 6) is -0.208. The number of aliphatic carboxylic acids is 1. The van der Waals surface area contributed by atoms with Crippen LogP contribution in [0.2, 0.25) is 0 Å². The number of hydrogen-bond donors (Lipinski definition) is 2. The predicted octanol–water partition coefficient (Wildman–Crippen LogP) is 0.688. The van der Waals surface area contributed by atoms with Crippen LogP contribution in [0.4, 0.5) is 0 Å². The molecule has 0 aliphatic carbocycles. The van der Waals surface area contributed by atoms with E-state index in [1.54, 1.807) is 0 Å². The lowest BCUT2D eigenvalue weighted by molar-refractivity contribution is -0.132. The number of hydrogen-bond acceptors (Lipinski definition) is 3. The molecule has 1 rings (SSSR count). The van der Waals surface area contributed by atoms with E-state index >= 15 is 0 Å². The first-order valence-electron chi connectivity index (χ1n) is 5.52. The summed E-state index contributed by atoms with van der Waals surface area (Å²) in [5, 5.41) is 8.84. The van der Waals surface area contributed by atoms with Gasteiger partial charge in [0.05, 0.1) is 0 Å². The molecular formula is C11H20N2O2. The summed E-state index contributed by atoms with van der Waals surface area (Å²) in [6.45, 7) is 5.39. The summed E-state index contributed by atoms with van der Waals surface area (Å²) in [6.07, 6.45) is 3.55. The number of carboxylic acids is 1. The SMILES string of the molecule is CCC(=CCN1CCC(CN)C1)C(=O)O. The Bertz CT molecular complexity index is 251. The molecule has 1 saturated heterocycles. The molecule has 0 aromatic rings. The van der Waals surface area contributed by atoms with Gasteiger partial charge >= 0.3 is 5.97 Å². The summed E-state index contributed by atoms with van der Waals surface area (Å²) >= 11 is 0. The van der Waals surface area contributed by atoms with Crippen molar-refractivity contribution in [3.8, 4) is 0 Å². The Balaban J connectivity index is 2.39. The summed E-state index contributed by atoms with van der Waals surface area (Å²) < 4.78 is 0. The molecule has 0 bridgehead atoms. The van der Waals surface area contributed by atoms with Crippen molar-refractivity contribution >= 4 is 5.97 Å². The van der Waals surface area contributed by atoms with E-state index in [4.69, 9.17) is 10.8 Å². The Morgan fingerprint density at radius 2 is 2.40 bits per heavy atom. The lowest BCUT2D eigenvalue weighted by Gasteiger charge is -2.13. The van der Waals surface area contributed by atoms with Crippen LogP contribution in [-0.4, -0.2) is 42.2 Å². The lowest BCUT2D eigenvalue weighted by Crippen LogP contribution is -2.23. The van der Waals surface area contributed by atoms with E-state index in [9.17, 15) is 4.79 Å². The molecule has 1 atom stereocenters. The first kappa shape index (κ1) is 12.2. The highest BCUT2D eigenvalue weighted by atomic mass is 16.4. The van der Waals surface area contributed by atoms with Gasteiger partial charge in [0.1, 0.15) is 0 Å². The number of nitrogens with two attached hydrogens (primary N) is 1. The van der Waals surface area contributed by atoms with E-state index in [1.165, 1.54) is 0 Å². The van der Waals surface area contributed by atoms with Crippen molar-refractivity contribution in [3.05, 3.63) is 11.6 Å². The molecule has 4 heteroatoms. The Morgan fingerprint density at radius 3 is 2.87 bits per heavy atom. The standard InChI is InChI=1S/C11H20N2O2/c1-2-10(11(14)15)4-6-13-5-3-9(7-12)8-13/h4,9H,2-3,5-8,12H2,1H3,(H,14,15). The quantitative estimate of drug-likeness (QED) is 0.658. The van der Waals surface area contributed by atoms with Crippen molar-refractivity contribution < 1.29 is 9.90 Å². The number of likely N-dealkylation sites (tertiary alicyclic amines) is 1. The Hall–Kier alpha value is -0.870. The van der Waals surface area contributed by atoms with Crippen molar-refractivity contribution in [3.63, 3.8) is 0 Å². The molecule has 4 nitrogen and oxygen atoms in total. The van der Waals surface area contributed by atoms with Crippen molar-refractivity contribution in [1.29, 1.82) is 0 Å². The normalized spacial score (nSPS) is 23.3. The zero-order valence-corrected chi connectivity index (χ0v) is 9.28. The molecule has 0 amide bonds. The molecule has 1 heterocycles.